The predicted molar refractivity (Wildman–Crippen MR) is 96.8 cm³/mol. The van der Waals surface area contributed by atoms with Crippen LogP contribution in [0.3, 0.4) is 0 Å². The van der Waals surface area contributed by atoms with E-state index >= 15 is 0 Å². The van der Waals surface area contributed by atoms with Gasteiger partial charge in [0.2, 0.25) is 17.6 Å². The molecule has 2 aromatic heterocycles. The van der Waals surface area contributed by atoms with Gasteiger partial charge >= 0.3 is 5.97 Å². The Labute approximate surface area is 162 Å². The summed E-state index contributed by atoms with van der Waals surface area (Å²) in [5, 5.41) is 4.16. The van der Waals surface area contributed by atoms with Crippen LogP contribution in [0.4, 0.5) is 0 Å². The van der Waals surface area contributed by atoms with Crippen LogP contribution in [0.1, 0.15) is 38.0 Å². The number of rotatable bonds is 4. The molecule has 146 valence electrons. The van der Waals surface area contributed by atoms with E-state index in [9.17, 15) is 9.59 Å². The molecular weight excluding hydrogens is 360 g/mol. The second-order valence-corrected chi connectivity index (χ2v) is 8.14. The fourth-order valence-electron chi connectivity index (χ4n) is 4.94. The van der Waals surface area contributed by atoms with Gasteiger partial charge in [-0.25, -0.2) is 0 Å². The molecule has 1 saturated carbocycles. The zero-order chi connectivity index (χ0) is 19.1. The van der Waals surface area contributed by atoms with Gasteiger partial charge in [-0.3, -0.25) is 14.6 Å². The average Bonchev–Trinajstić information content (AvgIpc) is 3.45. The molecule has 3 aliphatic rings. The fourth-order valence-corrected chi connectivity index (χ4v) is 4.94. The normalized spacial score (nSPS) is 29.1. The highest BCUT2D eigenvalue weighted by molar-refractivity contribution is 5.79. The molecule has 0 radical (unpaired) electrons. The van der Waals surface area contributed by atoms with E-state index in [4.69, 9.17) is 9.26 Å². The first-order valence-corrected chi connectivity index (χ1v) is 9.82. The van der Waals surface area contributed by atoms with Crippen LogP contribution >= 0.6 is 0 Å². The summed E-state index contributed by atoms with van der Waals surface area (Å²) in [7, 11) is 0. The summed E-state index contributed by atoms with van der Waals surface area (Å²) in [6.07, 6.45) is 7.22. The molecule has 28 heavy (non-hydrogen) atoms. The van der Waals surface area contributed by atoms with Crippen LogP contribution in [0, 0.1) is 11.8 Å². The first kappa shape index (κ1) is 17.3. The summed E-state index contributed by atoms with van der Waals surface area (Å²) in [6, 6.07) is 3.75. The molecule has 2 saturated heterocycles. The number of amides is 1. The number of cyclic esters (lactones) is 1. The molecular formula is C20H22N4O4. The van der Waals surface area contributed by atoms with E-state index in [0.29, 0.717) is 50.2 Å². The summed E-state index contributed by atoms with van der Waals surface area (Å²) >= 11 is 0. The van der Waals surface area contributed by atoms with E-state index < -0.39 is 0 Å². The lowest BCUT2D eigenvalue weighted by Gasteiger charge is -2.24. The molecule has 0 aromatic carbocycles. The van der Waals surface area contributed by atoms with E-state index in [0.717, 1.165) is 24.8 Å². The quantitative estimate of drug-likeness (QED) is 0.746. The Kier molecular flexibility index (Phi) is 4.14. The Bertz CT molecular complexity index is 899. The van der Waals surface area contributed by atoms with Gasteiger partial charge in [0.15, 0.2) is 0 Å². The van der Waals surface area contributed by atoms with Crippen molar-refractivity contribution in [3.8, 4) is 11.4 Å². The minimum Gasteiger partial charge on any atom is -0.465 e. The van der Waals surface area contributed by atoms with Crippen molar-refractivity contribution in [2.24, 2.45) is 11.8 Å². The van der Waals surface area contributed by atoms with Crippen molar-refractivity contribution in [1.29, 1.82) is 0 Å². The second kappa shape index (κ2) is 6.68. The molecule has 2 aliphatic heterocycles. The molecule has 2 aromatic rings. The number of hydrogen-bond donors (Lipinski definition) is 0. The van der Waals surface area contributed by atoms with Gasteiger partial charge in [-0.1, -0.05) is 11.6 Å². The number of pyridine rings is 1. The Hall–Kier alpha value is -2.77. The van der Waals surface area contributed by atoms with Crippen LogP contribution in [0.2, 0.25) is 0 Å². The third kappa shape index (κ3) is 2.87. The smallest absolute Gasteiger partial charge is 0.306 e. The number of hydrogen-bond acceptors (Lipinski definition) is 7. The SMILES string of the molecule is O=C1CC(CC(=O)N2C[C@H]3CCC[C@@]3(c3nc(-c4cccnc4)no3)C2)CO1. The first-order valence-electron chi connectivity index (χ1n) is 9.82. The van der Waals surface area contributed by atoms with Crippen molar-refractivity contribution in [3.05, 3.63) is 30.4 Å². The van der Waals surface area contributed by atoms with Gasteiger partial charge in [-0.15, -0.1) is 0 Å². The Balaban J connectivity index is 1.35. The molecule has 3 fully saturated rings. The maximum atomic E-state index is 12.8. The molecule has 3 atom stereocenters. The predicted octanol–water partition coefficient (Wildman–Crippen LogP) is 1.96. The third-order valence-corrected chi connectivity index (χ3v) is 6.39. The molecule has 4 heterocycles. The van der Waals surface area contributed by atoms with Gasteiger partial charge < -0.3 is 14.2 Å². The van der Waals surface area contributed by atoms with Crippen LogP contribution < -0.4 is 0 Å². The summed E-state index contributed by atoms with van der Waals surface area (Å²) in [5.41, 5.74) is 0.561. The molecule has 1 aliphatic carbocycles. The molecule has 1 unspecified atom stereocenters. The highest BCUT2D eigenvalue weighted by atomic mass is 16.5. The lowest BCUT2D eigenvalue weighted by Crippen LogP contribution is -2.35. The molecule has 8 heteroatoms. The molecule has 0 N–H and O–H groups in total. The van der Waals surface area contributed by atoms with E-state index in [-0.39, 0.29) is 23.2 Å². The van der Waals surface area contributed by atoms with Crippen molar-refractivity contribution < 1.29 is 18.8 Å². The topological polar surface area (TPSA) is 98.4 Å². The number of ether oxygens (including phenoxy) is 1. The number of carbonyl (C=O) groups is 2. The molecule has 5 rings (SSSR count). The van der Waals surface area contributed by atoms with Crippen LogP contribution in [0.15, 0.2) is 29.0 Å². The number of carbonyl (C=O) groups excluding carboxylic acids is 2. The summed E-state index contributed by atoms with van der Waals surface area (Å²) < 4.78 is 10.7. The van der Waals surface area contributed by atoms with Crippen molar-refractivity contribution >= 4 is 11.9 Å². The largest absolute Gasteiger partial charge is 0.465 e. The van der Waals surface area contributed by atoms with E-state index in [1.54, 1.807) is 12.4 Å². The number of likely N-dealkylation sites (tertiary alicyclic amines) is 1. The average molecular weight is 382 g/mol. The van der Waals surface area contributed by atoms with Crippen molar-refractivity contribution in [2.45, 2.75) is 37.5 Å². The molecule has 0 spiro atoms. The van der Waals surface area contributed by atoms with E-state index in [1.807, 2.05) is 17.0 Å². The monoisotopic (exact) mass is 382 g/mol. The molecule has 1 amide bonds. The standard InChI is InChI=1S/C20H22N4O4/c25-16(7-13-8-17(26)27-11-13)24-10-15-4-1-5-20(15,12-24)19-22-18(23-28-19)14-3-2-6-21-9-14/h2-3,6,9,13,15H,1,4-5,7-8,10-12H2/t13?,15-,20-/m1/s1. The Morgan fingerprint density at radius 3 is 3.11 bits per heavy atom. The number of nitrogens with zero attached hydrogens (tertiary/aromatic N) is 4. The van der Waals surface area contributed by atoms with Gasteiger partial charge in [0, 0.05) is 43.4 Å². The van der Waals surface area contributed by atoms with Gasteiger partial charge in [0.05, 0.1) is 18.4 Å². The van der Waals surface area contributed by atoms with Crippen molar-refractivity contribution in [2.75, 3.05) is 19.7 Å². The number of fused-ring (bicyclic) bond motifs is 1. The minimum atomic E-state index is -0.259. The van der Waals surface area contributed by atoms with Gasteiger partial charge in [0.1, 0.15) is 0 Å². The summed E-state index contributed by atoms with van der Waals surface area (Å²) in [6.45, 7) is 1.67. The van der Waals surface area contributed by atoms with Crippen molar-refractivity contribution in [3.63, 3.8) is 0 Å². The third-order valence-electron chi connectivity index (χ3n) is 6.39. The van der Waals surface area contributed by atoms with Crippen molar-refractivity contribution in [1.82, 2.24) is 20.0 Å². The summed E-state index contributed by atoms with van der Waals surface area (Å²) in [4.78, 5) is 34.8. The van der Waals surface area contributed by atoms with Gasteiger partial charge in [-0.05, 0) is 30.9 Å². The highest BCUT2D eigenvalue weighted by Crippen LogP contribution is 2.50. The molecule has 8 nitrogen and oxygen atoms in total. The minimum absolute atomic E-state index is 0.00280. The zero-order valence-electron chi connectivity index (χ0n) is 15.5. The van der Waals surface area contributed by atoms with Gasteiger partial charge in [-0.2, -0.15) is 4.98 Å². The maximum Gasteiger partial charge on any atom is 0.306 e. The maximum absolute atomic E-state index is 12.8. The van der Waals surface area contributed by atoms with E-state index in [1.165, 1.54) is 0 Å². The first-order chi connectivity index (χ1) is 13.6. The number of esters is 1. The molecule has 0 bridgehead atoms. The van der Waals surface area contributed by atoms with E-state index in [2.05, 4.69) is 15.1 Å². The Morgan fingerprint density at radius 2 is 2.32 bits per heavy atom. The van der Waals surface area contributed by atoms with Gasteiger partial charge in [0.25, 0.3) is 0 Å². The van der Waals surface area contributed by atoms with Crippen LogP contribution in [0.5, 0.6) is 0 Å². The second-order valence-electron chi connectivity index (χ2n) is 8.14. The summed E-state index contributed by atoms with van der Waals surface area (Å²) in [5.74, 6) is 1.38. The highest BCUT2D eigenvalue weighted by Gasteiger charge is 2.55. The van der Waals surface area contributed by atoms with Crippen LogP contribution in [0.25, 0.3) is 11.4 Å². The fraction of sp³-hybridized carbons (Fsp3) is 0.550. The van der Waals surface area contributed by atoms with Crippen LogP contribution in [-0.2, 0) is 19.7 Å². The Morgan fingerprint density at radius 1 is 1.39 bits per heavy atom. The lowest BCUT2D eigenvalue weighted by atomic mass is 9.80. The number of aromatic nitrogens is 3. The zero-order valence-corrected chi connectivity index (χ0v) is 15.5. The van der Waals surface area contributed by atoms with Crippen LogP contribution in [-0.4, -0.2) is 51.6 Å². The lowest BCUT2D eigenvalue weighted by molar-refractivity contribution is -0.138.